The molecule has 0 bridgehead atoms. The Morgan fingerprint density at radius 3 is 2.50 bits per heavy atom. The number of fused-ring (bicyclic) bond motifs is 1. The molecule has 7 nitrogen and oxygen atoms in total. The van der Waals surface area contributed by atoms with Crippen LogP contribution in [0.4, 0.5) is 5.69 Å². The molecule has 0 saturated heterocycles. The Labute approximate surface area is 154 Å². The quantitative estimate of drug-likeness (QED) is 0.612. The van der Waals surface area contributed by atoms with E-state index in [9.17, 15) is 14.4 Å². The molecule has 0 aliphatic carbocycles. The van der Waals surface area contributed by atoms with Crippen molar-refractivity contribution >= 4 is 35.2 Å². The molecule has 0 radical (unpaired) electrons. The van der Waals surface area contributed by atoms with Gasteiger partial charge in [0.1, 0.15) is 12.3 Å². The van der Waals surface area contributed by atoms with Gasteiger partial charge in [-0.3, -0.25) is 30.1 Å². The minimum absolute atomic E-state index is 0.121. The molecule has 3 amide bonds. The molecule has 2 aromatic carbocycles. The van der Waals surface area contributed by atoms with Crippen LogP contribution in [0, 0.1) is 0 Å². The summed E-state index contributed by atoms with van der Waals surface area (Å²) in [5.74, 6) is -0.425. The van der Waals surface area contributed by atoms with Crippen molar-refractivity contribution in [2.45, 2.75) is 4.90 Å². The summed E-state index contributed by atoms with van der Waals surface area (Å²) < 4.78 is 5.32. The van der Waals surface area contributed by atoms with Crippen LogP contribution < -0.4 is 20.5 Å². The number of anilines is 1. The summed E-state index contributed by atoms with van der Waals surface area (Å²) in [7, 11) is 0. The number of rotatable bonds is 5. The number of nitrogens with one attached hydrogen (secondary N) is 2. The Balaban J connectivity index is 1.48. The average molecular weight is 371 g/mol. The Morgan fingerprint density at radius 1 is 1.00 bits per heavy atom. The number of hydrogen-bond donors (Lipinski definition) is 2. The highest BCUT2D eigenvalue weighted by Crippen LogP contribution is 2.31. The summed E-state index contributed by atoms with van der Waals surface area (Å²) in [5, 5.41) is 0. The summed E-state index contributed by atoms with van der Waals surface area (Å²) in [6, 6.07) is 16.5. The first-order chi connectivity index (χ1) is 12.6. The zero-order valence-electron chi connectivity index (χ0n) is 13.8. The molecular weight excluding hydrogens is 354 g/mol. The fraction of sp³-hybridized carbons (Fsp3) is 0.167. The molecule has 1 aliphatic rings. The van der Waals surface area contributed by atoms with Gasteiger partial charge < -0.3 is 4.74 Å². The number of hydrazine groups is 1. The predicted octanol–water partition coefficient (Wildman–Crippen LogP) is 1.35. The molecule has 0 unspecified atom stereocenters. The van der Waals surface area contributed by atoms with E-state index in [2.05, 4.69) is 10.9 Å². The molecule has 8 heteroatoms. The lowest BCUT2D eigenvalue weighted by Gasteiger charge is -2.28. The Hall–Kier alpha value is -3.00. The lowest BCUT2D eigenvalue weighted by Crippen LogP contribution is -2.50. The third-order valence-electron chi connectivity index (χ3n) is 3.56. The van der Waals surface area contributed by atoms with Crippen LogP contribution >= 0.6 is 11.8 Å². The van der Waals surface area contributed by atoms with Crippen molar-refractivity contribution in [1.29, 1.82) is 0 Å². The second-order valence-corrected chi connectivity index (χ2v) is 6.48. The monoisotopic (exact) mass is 371 g/mol. The van der Waals surface area contributed by atoms with Crippen LogP contribution in [0.5, 0.6) is 5.75 Å². The van der Waals surface area contributed by atoms with Gasteiger partial charge in [-0.15, -0.1) is 11.8 Å². The summed E-state index contributed by atoms with van der Waals surface area (Å²) in [4.78, 5) is 38.2. The van der Waals surface area contributed by atoms with E-state index >= 15 is 0 Å². The first kappa shape index (κ1) is 17.8. The minimum Gasteiger partial charge on any atom is -0.482 e. The molecule has 3 rings (SSSR count). The van der Waals surface area contributed by atoms with Crippen molar-refractivity contribution in [3.8, 4) is 5.75 Å². The second-order valence-electron chi connectivity index (χ2n) is 5.43. The molecule has 1 heterocycles. The standard InChI is InChI=1S/C18H17N3O4S/c22-16(19-20-17(23)12-26-13-6-2-1-3-7-13)10-21-14-8-4-5-9-15(14)25-11-18(21)24/h1-9H,10-12H2,(H,19,22)(H,20,23). The van der Waals surface area contributed by atoms with Gasteiger partial charge in [-0.25, -0.2) is 0 Å². The van der Waals surface area contributed by atoms with Crippen molar-refractivity contribution < 1.29 is 19.1 Å². The Kier molecular flexibility index (Phi) is 5.75. The maximum Gasteiger partial charge on any atom is 0.265 e. The Bertz CT molecular complexity index is 813. The molecule has 0 saturated carbocycles. The topological polar surface area (TPSA) is 87.7 Å². The highest BCUT2D eigenvalue weighted by Gasteiger charge is 2.26. The van der Waals surface area contributed by atoms with Gasteiger partial charge >= 0.3 is 0 Å². The van der Waals surface area contributed by atoms with Gasteiger partial charge in [0.2, 0.25) is 5.91 Å². The fourth-order valence-corrected chi connectivity index (χ4v) is 3.07. The minimum atomic E-state index is -0.492. The maximum atomic E-state index is 12.1. The lowest BCUT2D eigenvalue weighted by atomic mass is 10.2. The number of thioether (sulfide) groups is 1. The third-order valence-corrected chi connectivity index (χ3v) is 4.58. The van der Waals surface area contributed by atoms with E-state index in [0.717, 1.165) is 4.90 Å². The van der Waals surface area contributed by atoms with Crippen LogP contribution in [0.3, 0.4) is 0 Å². The van der Waals surface area contributed by atoms with Crippen molar-refractivity contribution in [3.05, 3.63) is 54.6 Å². The third kappa shape index (κ3) is 4.54. The van der Waals surface area contributed by atoms with Crippen LogP contribution in [0.25, 0.3) is 0 Å². The first-order valence-corrected chi connectivity index (χ1v) is 8.90. The summed E-state index contributed by atoms with van der Waals surface area (Å²) in [6.45, 7) is -0.324. The van der Waals surface area contributed by atoms with E-state index in [0.29, 0.717) is 11.4 Å². The highest BCUT2D eigenvalue weighted by molar-refractivity contribution is 8.00. The number of carbonyl (C=O) groups is 3. The van der Waals surface area contributed by atoms with E-state index in [1.54, 1.807) is 24.3 Å². The van der Waals surface area contributed by atoms with E-state index in [1.807, 2.05) is 30.3 Å². The molecule has 0 aromatic heterocycles. The van der Waals surface area contributed by atoms with Gasteiger partial charge in [0.25, 0.3) is 11.8 Å². The molecule has 0 atom stereocenters. The van der Waals surface area contributed by atoms with E-state index < -0.39 is 5.91 Å². The number of para-hydroxylation sites is 2. The van der Waals surface area contributed by atoms with Gasteiger partial charge in [-0.05, 0) is 24.3 Å². The van der Waals surface area contributed by atoms with Crippen LogP contribution in [0.1, 0.15) is 0 Å². The number of ether oxygens (including phenoxy) is 1. The Morgan fingerprint density at radius 2 is 1.69 bits per heavy atom. The number of benzene rings is 2. The van der Waals surface area contributed by atoms with E-state index in [1.165, 1.54) is 16.7 Å². The first-order valence-electron chi connectivity index (χ1n) is 7.91. The van der Waals surface area contributed by atoms with Crippen molar-refractivity contribution in [1.82, 2.24) is 10.9 Å². The summed E-state index contributed by atoms with van der Waals surface area (Å²) in [6.07, 6.45) is 0. The molecule has 0 fully saturated rings. The molecule has 1 aliphatic heterocycles. The van der Waals surface area contributed by atoms with Crippen LogP contribution in [0.15, 0.2) is 59.5 Å². The zero-order valence-corrected chi connectivity index (χ0v) is 14.6. The predicted molar refractivity (Wildman–Crippen MR) is 97.7 cm³/mol. The summed E-state index contributed by atoms with van der Waals surface area (Å²) in [5.41, 5.74) is 5.22. The molecule has 0 spiro atoms. The summed E-state index contributed by atoms with van der Waals surface area (Å²) >= 11 is 1.36. The second kappa shape index (κ2) is 8.39. The van der Waals surface area contributed by atoms with Crippen molar-refractivity contribution in [2.75, 3.05) is 23.8 Å². The number of amides is 3. The van der Waals surface area contributed by atoms with Gasteiger partial charge in [0, 0.05) is 4.90 Å². The molecule has 134 valence electrons. The van der Waals surface area contributed by atoms with Crippen molar-refractivity contribution in [2.24, 2.45) is 0 Å². The normalized spacial score (nSPS) is 12.8. The van der Waals surface area contributed by atoms with E-state index in [4.69, 9.17) is 4.74 Å². The van der Waals surface area contributed by atoms with Gasteiger partial charge in [0.15, 0.2) is 6.61 Å². The molecular formula is C18H17N3O4S. The van der Waals surface area contributed by atoms with Gasteiger partial charge in [-0.2, -0.15) is 0 Å². The lowest BCUT2D eigenvalue weighted by molar-refractivity contribution is -0.128. The zero-order chi connectivity index (χ0) is 18.4. The largest absolute Gasteiger partial charge is 0.482 e. The number of carbonyl (C=O) groups excluding carboxylic acids is 3. The van der Waals surface area contributed by atoms with Crippen LogP contribution in [-0.4, -0.2) is 36.6 Å². The van der Waals surface area contributed by atoms with Gasteiger partial charge in [-0.1, -0.05) is 30.3 Å². The highest BCUT2D eigenvalue weighted by atomic mass is 32.2. The van der Waals surface area contributed by atoms with Crippen molar-refractivity contribution in [3.63, 3.8) is 0 Å². The van der Waals surface area contributed by atoms with E-state index in [-0.39, 0.29) is 30.7 Å². The maximum absolute atomic E-state index is 12.1. The smallest absolute Gasteiger partial charge is 0.265 e. The molecule has 26 heavy (non-hydrogen) atoms. The fourth-order valence-electron chi connectivity index (χ4n) is 2.35. The van der Waals surface area contributed by atoms with Crippen LogP contribution in [-0.2, 0) is 14.4 Å². The molecule has 2 aromatic rings. The van der Waals surface area contributed by atoms with Gasteiger partial charge in [0.05, 0.1) is 11.4 Å². The SMILES string of the molecule is O=C(CSc1ccccc1)NNC(=O)CN1C(=O)COc2ccccc21. The molecule has 2 N–H and O–H groups in total. The number of nitrogens with zero attached hydrogens (tertiary/aromatic N) is 1. The average Bonchev–Trinajstić information content (AvgIpc) is 2.68. The number of hydrogen-bond acceptors (Lipinski definition) is 5. The van der Waals surface area contributed by atoms with Crippen LogP contribution in [0.2, 0.25) is 0 Å².